The van der Waals surface area contributed by atoms with Crippen molar-refractivity contribution < 1.29 is 59.3 Å². The Bertz CT molecular complexity index is 202. The van der Waals surface area contributed by atoms with E-state index in [0.29, 0.717) is 0 Å². The van der Waals surface area contributed by atoms with Crippen molar-refractivity contribution in [1.29, 1.82) is 0 Å². The summed E-state index contributed by atoms with van der Waals surface area (Å²) in [6, 6.07) is -1.29. The van der Waals surface area contributed by atoms with Gasteiger partial charge in [0.25, 0.3) is 0 Å². The second-order valence-electron chi connectivity index (χ2n) is 2.03. The molecule has 0 fully saturated rings. The molecule has 0 aliphatic rings. The van der Waals surface area contributed by atoms with E-state index in [1.807, 2.05) is 0 Å². The van der Waals surface area contributed by atoms with Gasteiger partial charge >= 0.3 is 41.5 Å². The summed E-state index contributed by atoms with van der Waals surface area (Å²) in [5.74, 6) is -3.58. The van der Waals surface area contributed by atoms with Crippen LogP contribution in [0.5, 0.6) is 0 Å². The van der Waals surface area contributed by atoms with Crippen LogP contribution in [0.3, 0.4) is 0 Å². The Morgan fingerprint density at radius 3 is 1.71 bits per heavy atom. The van der Waals surface area contributed by atoms with Crippen molar-refractivity contribution in [3.8, 4) is 0 Å². The quantitative estimate of drug-likeness (QED) is 0.399. The van der Waals surface area contributed by atoms with Crippen LogP contribution in [0.25, 0.3) is 0 Å². The predicted molar refractivity (Wildman–Crippen MR) is 38.5 cm³/mol. The molecular formula is C6H10NNaO6. The van der Waals surface area contributed by atoms with Crippen LogP contribution in [-0.4, -0.2) is 34.2 Å². The molecule has 0 saturated heterocycles. The standard InChI is InChI=1S/C4H7NO4.C2H4O2.Na/c5-2(4(8)9)1-3(6)7;1-2(3)4;/h2H,1,5H2,(H,6,7)(H,8,9);1H3,(H,3,4);/q;;+1/p-1/t2-;;/m0../s1. The summed E-state index contributed by atoms with van der Waals surface area (Å²) in [5.41, 5.74) is 4.84. The van der Waals surface area contributed by atoms with Crippen LogP contribution in [0.2, 0.25) is 0 Å². The van der Waals surface area contributed by atoms with Crippen molar-refractivity contribution in [2.45, 2.75) is 19.4 Å². The Labute approximate surface area is 102 Å². The summed E-state index contributed by atoms with van der Waals surface area (Å²) in [6.45, 7) is 0.972. The number of aliphatic carboxylic acids is 3. The van der Waals surface area contributed by atoms with Crippen molar-refractivity contribution >= 4 is 17.9 Å². The summed E-state index contributed by atoms with van der Waals surface area (Å²) in [4.78, 5) is 28.5. The van der Waals surface area contributed by atoms with E-state index in [-0.39, 0.29) is 29.6 Å². The van der Waals surface area contributed by atoms with Crippen molar-refractivity contribution in [2.75, 3.05) is 0 Å². The van der Waals surface area contributed by atoms with Crippen molar-refractivity contribution in [2.24, 2.45) is 5.73 Å². The fourth-order valence-electron chi connectivity index (χ4n) is 0.275. The van der Waals surface area contributed by atoms with Gasteiger partial charge in [-0.15, -0.1) is 0 Å². The first-order valence-corrected chi connectivity index (χ1v) is 3.15. The Hall–Kier alpha value is -0.630. The molecule has 0 saturated carbocycles. The molecular weight excluding hydrogens is 205 g/mol. The zero-order valence-corrected chi connectivity index (χ0v) is 9.89. The largest absolute Gasteiger partial charge is 1.00 e. The van der Waals surface area contributed by atoms with Crippen molar-refractivity contribution in [1.82, 2.24) is 0 Å². The Morgan fingerprint density at radius 2 is 1.64 bits per heavy atom. The molecule has 8 heteroatoms. The molecule has 0 rings (SSSR count). The third-order valence-corrected chi connectivity index (χ3v) is 0.712. The first-order valence-electron chi connectivity index (χ1n) is 3.15. The van der Waals surface area contributed by atoms with Crippen LogP contribution in [0, 0.1) is 0 Å². The van der Waals surface area contributed by atoms with Crippen molar-refractivity contribution in [3.63, 3.8) is 0 Å². The van der Waals surface area contributed by atoms with Crippen LogP contribution in [0.1, 0.15) is 13.3 Å². The topological polar surface area (TPSA) is 141 Å². The summed E-state index contributed by atoms with van der Waals surface area (Å²) in [5, 5.41) is 24.9. The van der Waals surface area contributed by atoms with E-state index < -0.39 is 30.4 Å². The van der Waals surface area contributed by atoms with Gasteiger partial charge in [0.05, 0.1) is 6.42 Å². The van der Waals surface area contributed by atoms with Crippen LogP contribution >= 0.6 is 0 Å². The number of carboxylic acid groups (broad SMARTS) is 3. The molecule has 1 atom stereocenters. The van der Waals surface area contributed by atoms with E-state index in [1.165, 1.54) is 0 Å². The molecule has 14 heavy (non-hydrogen) atoms. The molecule has 0 aromatic rings. The average Bonchev–Trinajstić information content (AvgIpc) is 1.83. The zero-order valence-electron chi connectivity index (χ0n) is 7.89. The maximum atomic E-state index is 9.85. The number of hydrogen-bond acceptors (Lipinski definition) is 5. The summed E-state index contributed by atoms with van der Waals surface area (Å²) >= 11 is 0. The molecule has 0 aromatic carbocycles. The van der Waals surface area contributed by atoms with Crippen LogP contribution in [0.4, 0.5) is 0 Å². The Balaban J connectivity index is -0.000000209. The minimum absolute atomic E-state index is 0. The van der Waals surface area contributed by atoms with Gasteiger partial charge in [-0.2, -0.15) is 0 Å². The second-order valence-corrected chi connectivity index (χ2v) is 2.03. The fourth-order valence-corrected chi connectivity index (χ4v) is 0.275. The van der Waals surface area contributed by atoms with E-state index in [2.05, 4.69) is 0 Å². The van der Waals surface area contributed by atoms with Gasteiger partial charge in [-0.3, -0.25) is 9.59 Å². The maximum Gasteiger partial charge on any atom is 1.00 e. The molecule has 4 N–H and O–H groups in total. The first-order chi connectivity index (χ1) is 5.77. The zero-order chi connectivity index (χ0) is 11.0. The van der Waals surface area contributed by atoms with E-state index in [4.69, 9.17) is 25.8 Å². The number of hydrogen-bond donors (Lipinski definition) is 3. The number of carboxylic acids is 3. The molecule has 0 radical (unpaired) electrons. The molecule has 0 aliphatic carbocycles. The molecule has 0 bridgehead atoms. The monoisotopic (exact) mass is 215 g/mol. The summed E-state index contributed by atoms with van der Waals surface area (Å²) in [6.07, 6.45) is -0.532. The normalized spacial score (nSPS) is 9.86. The van der Waals surface area contributed by atoms with Crippen molar-refractivity contribution in [3.05, 3.63) is 0 Å². The third kappa shape index (κ3) is 22.5. The van der Waals surface area contributed by atoms with Gasteiger partial charge in [0.2, 0.25) is 0 Å². The SMILES string of the molecule is CC(=O)[O-].N[C@@H](CC(=O)O)C(=O)O.[Na+]. The first kappa shape index (κ1) is 19.0. The molecule has 0 aromatic heterocycles. The third-order valence-electron chi connectivity index (χ3n) is 0.712. The van der Waals surface area contributed by atoms with Crippen LogP contribution < -0.4 is 40.4 Å². The molecule has 0 aliphatic heterocycles. The molecule has 0 amide bonds. The average molecular weight is 215 g/mol. The van der Waals surface area contributed by atoms with Gasteiger partial charge in [0, 0.05) is 5.97 Å². The molecule has 0 spiro atoms. The molecule has 7 nitrogen and oxygen atoms in total. The maximum absolute atomic E-state index is 9.85. The molecule has 0 heterocycles. The van der Waals surface area contributed by atoms with Crippen LogP contribution in [0.15, 0.2) is 0 Å². The van der Waals surface area contributed by atoms with Gasteiger partial charge < -0.3 is 25.8 Å². The minimum Gasteiger partial charge on any atom is -0.550 e. The number of rotatable bonds is 3. The van der Waals surface area contributed by atoms with Gasteiger partial charge in [-0.25, -0.2) is 0 Å². The smallest absolute Gasteiger partial charge is 0.550 e. The predicted octanol–water partition coefficient (Wildman–Crippen LogP) is -5.37. The minimum atomic E-state index is -1.29. The van der Waals surface area contributed by atoms with E-state index in [1.54, 1.807) is 0 Å². The Morgan fingerprint density at radius 1 is 1.36 bits per heavy atom. The van der Waals surface area contributed by atoms with E-state index in [0.717, 1.165) is 6.92 Å². The van der Waals surface area contributed by atoms with E-state index in [9.17, 15) is 9.59 Å². The number of carbonyl (C=O) groups is 3. The number of nitrogens with two attached hydrogens (primary N) is 1. The van der Waals surface area contributed by atoms with Gasteiger partial charge in [-0.1, -0.05) is 0 Å². The van der Waals surface area contributed by atoms with Gasteiger partial charge in [-0.05, 0) is 6.92 Å². The fraction of sp³-hybridized carbons (Fsp3) is 0.500. The second kappa shape index (κ2) is 10.5. The Kier molecular flexibility index (Phi) is 14.2. The number of carbonyl (C=O) groups excluding carboxylic acids is 1. The van der Waals surface area contributed by atoms with Gasteiger partial charge in [0.15, 0.2) is 0 Å². The summed E-state index contributed by atoms with van der Waals surface area (Å²) < 4.78 is 0. The van der Waals surface area contributed by atoms with Gasteiger partial charge in [0.1, 0.15) is 6.04 Å². The molecule has 76 valence electrons. The molecule has 0 unspecified atom stereocenters. The van der Waals surface area contributed by atoms with E-state index >= 15 is 0 Å². The summed E-state index contributed by atoms with van der Waals surface area (Å²) in [7, 11) is 0. The van der Waals surface area contributed by atoms with Crippen LogP contribution in [-0.2, 0) is 14.4 Å².